The molecule has 0 amide bonds. The number of aliphatic imine (C=N–C) groups is 1. The van der Waals surface area contributed by atoms with Crippen LogP contribution < -0.4 is 0 Å². The maximum absolute atomic E-state index is 5.01. The van der Waals surface area contributed by atoms with E-state index in [0.29, 0.717) is 11.3 Å². The van der Waals surface area contributed by atoms with Gasteiger partial charge in [0.15, 0.2) is 0 Å². The second-order valence-electron chi connectivity index (χ2n) is 6.66. The third-order valence-electron chi connectivity index (χ3n) is 4.48. The molecule has 4 rings (SSSR count). The topological polar surface area (TPSA) is 12.4 Å². The molecular weight excluding hydrogens is 362 g/mol. The number of nitrogens with zero attached hydrogens (tertiary/aromatic N) is 1. The van der Waals surface area contributed by atoms with Gasteiger partial charge in [-0.05, 0) is 52.2 Å². The van der Waals surface area contributed by atoms with E-state index >= 15 is 0 Å². The van der Waals surface area contributed by atoms with E-state index in [-0.39, 0.29) is 0 Å². The van der Waals surface area contributed by atoms with Gasteiger partial charge >= 0.3 is 0 Å². The Hall–Kier alpha value is -0.320. The fraction of sp³-hybridized carbons (Fsp3) is 0.471. The van der Waals surface area contributed by atoms with Crippen LogP contribution in [0.3, 0.4) is 0 Å². The minimum atomic E-state index is 0.294. The molecule has 2 aliphatic heterocycles. The van der Waals surface area contributed by atoms with E-state index in [1.54, 1.807) is 0 Å². The van der Waals surface area contributed by atoms with Crippen molar-refractivity contribution in [2.45, 2.75) is 39.0 Å². The Morgan fingerprint density at radius 2 is 2.19 bits per heavy atom. The van der Waals surface area contributed by atoms with Crippen molar-refractivity contribution in [2.75, 3.05) is 5.75 Å². The highest BCUT2D eigenvalue weighted by Gasteiger charge is 2.38. The van der Waals surface area contributed by atoms with Crippen molar-refractivity contribution in [1.82, 2.24) is 0 Å². The predicted molar refractivity (Wildman–Crippen MR) is 97.4 cm³/mol. The average Bonchev–Trinajstić information content (AvgIpc) is 3.04. The summed E-state index contributed by atoms with van der Waals surface area (Å²) in [5.41, 5.74) is 4.49. The van der Waals surface area contributed by atoms with Crippen LogP contribution in [-0.2, 0) is 0 Å². The zero-order valence-electron chi connectivity index (χ0n) is 12.3. The molecule has 1 atom stereocenters. The normalized spacial score (nSPS) is 27.1. The van der Waals surface area contributed by atoms with Gasteiger partial charge in [-0.2, -0.15) is 0 Å². The third-order valence-corrected chi connectivity index (χ3v) is 7.43. The Labute approximate surface area is 142 Å². The van der Waals surface area contributed by atoms with Crippen LogP contribution in [0, 0.1) is 5.41 Å². The first-order chi connectivity index (χ1) is 10.0. The smallest absolute Gasteiger partial charge is 0.0527 e. The Kier molecular flexibility index (Phi) is 3.47. The van der Waals surface area contributed by atoms with Crippen LogP contribution in [0.4, 0.5) is 0 Å². The summed E-state index contributed by atoms with van der Waals surface area (Å²) in [6, 6.07) is 2.30. The van der Waals surface area contributed by atoms with E-state index in [1.165, 1.54) is 43.4 Å². The molecular formula is C17H18BrNS2. The molecule has 1 aliphatic carbocycles. The van der Waals surface area contributed by atoms with Crippen molar-refractivity contribution >= 4 is 44.7 Å². The van der Waals surface area contributed by atoms with Gasteiger partial charge in [0.05, 0.1) is 11.6 Å². The van der Waals surface area contributed by atoms with Crippen LogP contribution in [0.5, 0.6) is 0 Å². The van der Waals surface area contributed by atoms with Gasteiger partial charge < -0.3 is 0 Å². The summed E-state index contributed by atoms with van der Waals surface area (Å²) in [7, 11) is 0. The number of halogens is 1. The number of rotatable bonds is 1. The Morgan fingerprint density at radius 1 is 1.33 bits per heavy atom. The molecule has 110 valence electrons. The van der Waals surface area contributed by atoms with E-state index in [2.05, 4.69) is 47.3 Å². The largest absolute Gasteiger partial charge is 0.257 e. The summed E-state index contributed by atoms with van der Waals surface area (Å²) in [4.78, 5) is 7.98. The summed E-state index contributed by atoms with van der Waals surface area (Å²) in [5, 5.41) is 2.20. The molecule has 1 aromatic heterocycles. The molecule has 0 saturated carbocycles. The summed E-state index contributed by atoms with van der Waals surface area (Å²) >= 11 is 7.51. The van der Waals surface area contributed by atoms with Crippen molar-refractivity contribution in [1.29, 1.82) is 0 Å². The fourth-order valence-electron chi connectivity index (χ4n) is 3.42. The number of allylic oxidation sites excluding steroid dienone is 4. The van der Waals surface area contributed by atoms with Crippen LogP contribution in [0.25, 0.3) is 0 Å². The Balaban J connectivity index is 1.88. The van der Waals surface area contributed by atoms with Gasteiger partial charge in [0.2, 0.25) is 0 Å². The van der Waals surface area contributed by atoms with Crippen molar-refractivity contribution in [3.05, 3.63) is 43.0 Å². The van der Waals surface area contributed by atoms with Crippen LogP contribution in [-0.4, -0.2) is 11.5 Å². The summed E-state index contributed by atoms with van der Waals surface area (Å²) < 4.78 is 1.20. The average molecular weight is 380 g/mol. The standard InChI is InChI=1S/C17H18BrNS2/c1-17(2)5-3-12-11(8-17)15(14-7-10(18)9-21-14)16-13(19-12)4-6-20-16/h7-9,15H,3-6H2,1-2H3. The molecule has 1 aromatic rings. The monoisotopic (exact) mass is 379 g/mol. The van der Waals surface area contributed by atoms with Crippen molar-refractivity contribution in [3.8, 4) is 0 Å². The highest BCUT2D eigenvalue weighted by atomic mass is 79.9. The lowest BCUT2D eigenvalue weighted by Gasteiger charge is -2.35. The molecule has 0 N–H and O–H groups in total. The Bertz CT molecular complexity index is 693. The molecule has 0 fully saturated rings. The molecule has 3 heterocycles. The van der Waals surface area contributed by atoms with Crippen LogP contribution >= 0.6 is 39.0 Å². The van der Waals surface area contributed by atoms with Gasteiger partial charge in [-0.3, -0.25) is 4.99 Å². The molecule has 4 heteroatoms. The first kappa shape index (κ1) is 14.3. The number of hydrogen-bond donors (Lipinski definition) is 0. The molecule has 1 nitrogen and oxygen atoms in total. The van der Waals surface area contributed by atoms with E-state index in [9.17, 15) is 0 Å². The van der Waals surface area contributed by atoms with E-state index in [1.807, 2.05) is 23.1 Å². The first-order valence-electron chi connectivity index (χ1n) is 7.44. The maximum atomic E-state index is 5.01. The number of hydrogen-bond acceptors (Lipinski definition) is 3. The van der Waals surface area contributed by atoms with Crippen LogP contribution in [0.1, 0.15) is 43.9 Å². The summed E-state index contributed by atoms with van der Waals surface area (Å²) in [5.74, 6) is 1.64. The highest BCUT2D eigenvalue weighted by molar-refractivity contribution is 9.10. The van der Waals surface area contributed by atoms with Gasteiger partial charge in [0.25, 0.3) is 0 Å². The molecule has 0 bridgehead atoms. The van der Waals surface area contributed by atoms with Gasteiger partial charge in [0.1, 0.15) is 0 Å². The SMILES string of the molecule is CC1(C)C=C2C(=NC3=C(SCC3)C2c2cc(Br)cs2)CC1. The van der Waals surface area contributed by atoms with E-state index < -0.39 is 0 Å². The molecule has 0 aromatic carbocycles. The number of thioether (sulfide) groups is 1. The number of fused-ring (bicyclic) bond motifs is 1. The molecule has 0 saturated heterocycles. The zero-order valence-corrected chi connectivity index (χ0v) is 15.5. The van der Waals surface area contributed by atoms with Gasteiger partial charge in [-0.1, -0.05) is 19.9 Å². The molecule has 0 radical (unpaired) electrons. The van der Waals surface area contributed by atoms with Crippen molar-refractivity contribution in [3.63, 3.8) is 0 Å². The summed E-state index contributed by atoms with van der Waals surface area (Å²) in [6.45, 7) is 4.70. The third kappa shape index (κ3) is 2.49. The first-order valence-corrected chi connectivity index (χ1v) is 10.1. The molecule has 1 unspecified atom stereocenters. The van der Waals surface area contributed by atoms with Crippen molar-refractivity contribution in [2.24, 2.45) is 10.4 Å². The highest BCUT2D eigenvalue weighted by Crippen LogP contribution is 2.52. The predicted octanol–water partition coefficient (Wildman–Crippen LogP) is 6.14. The summed E-state index contributed by atoms with van der Waals surface area (Å²) in [6.07, 6.45) is 5.98. The zero-order chi connectivity index (χ0) is 14.6. The second-order valence-corrected chi connectivity index (χ2v) is 9.65. The minimum Gasteiger partial charge on any atom is -0.257 e. The molecule has 21 heavy (non-hydrogen) atoms. The van der Waals surface area contributed by atoms with E-state index in [4.69, 9.17) is 4.99 Å². The maximum Gasteiger partial charge on any atom is 0.0527 e. The van der Waals surface area contributed by atoms with Gasteiger partial charge in [-0.25, -0.2) is 0 Å². The lowest BCUT2D eigenvalue weighted by molar-refractivity contribution is 0.435. The van der Waals surface area contributed by atoms with Gasteiger partial charge in [0, 0.05) is 31.1 Å². The van der Waals surface area contributed by atoms with Crippen LogP contribution in [0.2, 0.25) is 0 Å². The molecule has 3 aliphatic rings. The quantitative estimate of drug-likeness (QED) is 0.570. The lowest BCUT2D eigenvalue weighted by Crippen LogP contribution is -2.26. The second kappa shape index (κ2) is 5.10. The minimum absolute atomic E-state index is 0.294. The van der Waals surface area contributed by atoms with Crippen LogP contribution in [0.15, 0.2) is 43.2 Å². The van der Waals surface area contributed by atoms with Gasteiger partial charge in [-0.15, -0.1) is 23.1 Å². The lowest BCUT2D eigenvalue weighted by atomic mass is 9.74. The fourth-order valence-corrected chi connectivity index (χ4v) is 6.32. The van der Waals surface area contributed by atoms with Crippen molar-refractivity contribution < 1.29 is 0 Å². The molecule has 0 spiro atoms. The number of thiophene rings is 1. The Morgan fingerprint density at radius 3 is 2.95 bits per heavy atom. The van der Waals surface area contributed by atoms with E-state index in [0.717, 1.165) is 12.8 Å².